The minimum Gasteiger partial charge on any atom is -0.496 e. The molecule has 4 nitrogen and oxygen atoms in total. The van der Waals surface area contributed by atoms with Crippen molar-refractivity contribution in [2.45, 2.75) is 39.5 Å². The first-order valence-electron chi connectivity index (χ1n) is 10.1. The van der Waals surface area contributed by atoms with Gasteiger partial charge in [-0.2, -0.15) is 11.3 Å². The molecule has 1 N–H and O–H groups in total. The van der Waals surface area contributed by atoms with E-state index < -0.39 is 0 Å². The minimum atomic E-state index is -0.126. The molecule has 1 aromatic carbocycles. The molecule has 0 unspecified atom stereocenters. The van der Waals surface area contributed by atoms with Gasteiger partial charge in [0.1, 0.15) is 5.75 Å². The van der Waals surface area contributed by atoms with Crippen LogP contribution in [0.15, 0.2) is 41.1 Å². The maximum absolute atomic E-state index is 12.2. The monoisotopic (exact) mass is 400 g/mol. The maximum atomic E-state index is 12.2. The summed E-state index contributed by atoms with van der Waals surface area (Å²) in [6, 6.07) is 7.84. The Labute approximate surface area is 173 Å². The van der Waals surface area contributed by atoms with E-state index in [1.165, 1.54) is 12.8 Å². The van der Waals surface area contributed by atoms with Crippen LogP contribution in [0, 0.1) is 0 Å². The Hall–Kier alpha value is -2.11. The molecule has 2 rings (SSSR count). The van der Waals surface area contributed by atoms with Gasteiger partial charge in [-0.1, -0.05) is 13.8 Å². The number of hydrogen-bond donors (Lipinski definition) is 1. The molecule has 28 heavy (non-hydrogen) atoms. The van der Waals surface area contributed by atoms with Gasteiger partial charge in [-0.05, 0) is 97.5 Å². The number of thiophene rings is 1. The summed E-state index contributed by atoms with van der Waals surface area (Å²) < 4.78 is 5.52. The lowest BCUT2D eigenvalue weighted by Crippen LogP contribution is -2.26. The van der Waals surface area contributed by atoms with E-state index in [0.717, 1.165) is 55.0 Å². The van der Waals surface area contributed by atoms with Gasteiger partial charge in [0.15, 0.2) is 0 Å². The van der Waals surface area contributed by atoms with Crippen LogP contribution in [0.25, 0.3) is 6.08 Å². The second kappa shape index (κ2) is 12.4. The molecule has 1 heterocycles. The van der Waals surface area contributed by atoms with Gasteiger partial charge in [0.2, 0.25) is 5.91 Å². The Bertz CT molecular complexity index is 735. The molecule has 0 bridgehead atoms. The lowest BCUT2D eigenvalue weighted by atomic mass is 10.1. The van der Waals surface area contributed by atoms with Crippen molar-refractivity contribution >= 4 is 29.0 Å². The van der Waals surface area contributed by atoms with E-state index in [9.17, 15) is 4.79 Å². The van der Waals surface area contributed by atoms with Gasteiger partial charge in [-0.25, -0.2) is 0 Å². The van der Waals surface area contributed by atoms with Crippen molar-refractivity contribution in [3.05, 3.63) is 52.2 Å². The first-order valence-corrected chi connectivity index (χ1v) is 11.0. The van der Waals surface area contributed by atoms with Crippen LogP contribution in [0.5, 0.6) is 5.75 Å². The summed E-state index contributed by atoms with van der Waals surface area (Å²) in [4.78, 5) is 14.7. The SMILES string of the molecule is CCCN(CCC)CCCc1cc(NC(=O)C=Cc2ccsc2)ccc1OC. The van der Waals surface area contributed by atoms with Crippen LogP contribution < -0.4 is 10.1 Å². The molecule has 2 aromatic rings. The summed E-state index contributed by atoms with van der Waals surface area (Å²) >= 11 is 1.62. The van der Waals surface area contributed by atoms with E-state index in [4.69, 9.17) is 4.74 Å². The van der Waals surface area contributed by atoms with Crippen molar-refractivity contribution in [3.63, 3.8) is 0 Å². The third-order valence-corrected chi connectivity index (χ3v) is 5.22. The number of carbonyl (C=O) groups is 1. The van der Waals surface area contributed by atoms with Crippen LogP contribution in [-0.4, -0.2) is 37.6 Å². The highest BCUT2D eigenvalue weighted by molar-refractivity contribution is 7.08. The zero-order valence-corrected chi connectivity index (χ0v) is 18.1. The van der Waals surface area contributed by atoms with Crippen molar-refractivity contribution in [1.29, 1.82) is 0 Å². The van der Waals surface area contributed by atoms with E-state index in [2.05, 4.69) is 24.1 Å². The van der Waals surface area contributed by atoms with E-state index in [1.807, 2.05) is 41.1 Å². The molecule has 0 aliphatic heterocycles. The van der Waals surface area contributed by atoms with Gasteiger partial charge in [-0.15, -0.1) is 0 Å². The Morgan fingerprint density at radius 2 is 1.96 bits per heavy atom. The number of benzene rings is 1. The largest absolute Gasteiger partial charge is 0.496 e. The number of amides is 1. The quantitative estimate of drug-likeness (QED) is 0.481. The highest BCUT2D eigenvalue weighted by Crippen LogP contribution is 2.24. The molecular weight excluding hydrogens is 368 g/mol. The molecular formula is C23H32N2O2S. The van der Waals surface area contributed by atoms with Crippen molar-refractivity contribution in [2.24, 2.45) is 0 Å². The highest BCUT2D eigenvalue weighted by Gasteiger charge is 2.08. The van der Waals surface area contributed by atoms with Crippen LogP contribution in [0.2, 0.25) is 0 Å². The van der Waals surface area contributed by atoms with E-state index in [-0.39, 0.29) is 5.91 Å². The molecule has 0 atom stereocenters. The predicted molar refractivity (Wildman–Crippen MR) is 120 cm³/mol. The number of hydrogen-bond acceptors (Lipinski definition) is 4. The van der Waals surface area contributed by atoms with Crippen LogP contribution in [-0.2, 0) is 11.2 Å². The number of nitrogens with zero attached hydrogens (tertiary/aromatic N) is 1. The lowest BCUT2D eigenvalue weighted by Gasteiger charge is -2.21. The summed E-state index contributed by atoms with van der Waals surface area (Å²) in [5.74, 6) is 0.753. The van der Waals surface area contributed by atoms with Crippen LogP contribution in [0.4, 0.5) is 5.69 Å². The molecule has 5 heteroatoms. The number of rotatable bonds is 12. The topological polar surface area (TPSA) is 41.6 Å². The second-order valence-electron chi connectivity index (χ2n) is 6.85. The number of nitrogens with one attached hydrogen (secondary N) is 1. The van der Waals surface area contributed by atoms with Gasteiger partial charge >= 0.3 is 0 Å². The first kappa shape index (κ1) is 22.2. The number of methoxy groups -OCH3 is 1. The van der Waals surface area contributed by atoms with E-state index in [0.29, 0.717) is 0 Å². The van der Waals surface area contributed by atoms with Crippen LogP contribution in [0.1, 0.15) is 44.2 Å². The average Bonchev–Trinajstić information content (AvgIpc) is 3.21. The average molecular weight is 401 g/mol. The summed E-state index contributed by atoms with van der Waals surface area (Å²) in [5.41, 5.74) is 2.98. The van der Waals surface area contributed by atoms with Crippen molar-refractivity contribution in [1.82, 2.24) is 4.90 Å². The van der Waals surface area contributed by atoms with Crippen molar-refractivity contribution < 1.29 is 9.53 Å². The Balaban J connectivity index is 1.95. The van der Waals surface area contributed by atoms with Crippen LogP contribution >= 0.6 is 11.3 Å². The number of aryl methyl sites for hydroxylation is 1. The third kappa shape index (κ3) is 7.49. The molecule has 0 aliphatic rings. The zero-order chi connectivity index (χ0) is 20.2. The normalized spacial score (nSPS) is 11.3. The summed E-state index contributed by atoms with van der Waals surface area (Å²) in [6.07, 6.45) is 7.77. The molecule has 152 valence electrons. The fraction of sp³-hybridized carbons (Fsp3) is 0.435. The molecule has 0 aliphatic carbocycles. The maximum Gasteiger partial charge on any atom is 0.248 e. The fourth-order valence-electron chi connectivity index (χ4n) is 3.24. The predicted octanol–water partition coefficient (Wildman–Crippen LogP) is 5.46. The minimum absolute atomic E-state index is 0.126. The van der Waals surface area contributed by atoms with Gasteiger partial charge in [0.05, 0.1) is 7.11 Å². The van der Waals surface area contributed by atoms with E-state index >= 15 is 0 Å². The molecule has 0 spiro atoms. The zero-order valence-electron chi connectivity index (χ0n) is 17.2. The highest BCUT2D eigenvalue weighted by atomic mass is 32.1. The van der Waals surface area contributed by atoms with E-state index in [1.54, 1.807) is 24.5 Å². The molecule has 1 aromatic heterocycles. The Morgan fingerprint density at radius 3 is 2.61 bits per heavy atom. The number of ether oxygens (including phenoxy) is 1. The third-order valence-electron chi connectivity index (χ3n) is 4.52. The molecule has 0 saturated carbocycles. The smallest absolute Gasteiger partial charge is 0.248 e. The van der Waals surface area contributed by atoms with Crippen LogP contribution in [0.3, 0.4) is 0 Å². The second-order valence-corrected chi connectivity index (χ2v) is 7.63. The number of anilines is 1. The number of carbonyl (C=O) groups excluding carboxylic acids is 1. The van der Waals surface area contributed by atoms with Gasteiger partial charge in [0.25, 0.3) is 0 Å². The summed E-state index contributed by atoms with van der Waals surface area (Å²) in [6.45, 7) is 7.84. The first-order chi connectivity index (χ1) is 13.7. The van der Waals surface area contributed by atoms with Crippen molar-refractivity contribution in [2.75, 3.05) is 32.1 Å². The van der Waals surface area contributed by atoms with Gasteiger partial charge in [0, 0.05) is 11.8 Å². The van der Waals surface area contributed by atoms with Gasteiger partial charge < -0.3 is 15.0 Å². The molecule has 1 amide bonds. The molecule has 0 radical (unpaired) electrons. The fourth-order valence-corrected chi connectivity index (χ4v) is 3.87. The standard InChI is InChI=1S/C23H32N2O2S/c1-4-13-25(14-5-2)15-6-7-20-17-21(9-10-22(20)27-3)24-23(26)11-8-19-12-16-28-18-19/h8-12,16-18H,4-7,13-15H2,1-3H3,(H,24,26). The lowest BCUT2D eigenvalue weighted by molar-refractivity contribution is -0.111. The summed E-state index contributed by atoms with van der Waals surface area (Å²) in [7, 11) is 1.70. The molecule has 0 saturated heterocycles. The summed E-state index contributed by atoms with van der Waals surface area (Å²) in [5, 5.41) is 6.95. The Kier molecular flexibility index (Phi) is 9.80. The Morgan fingerprint density at radius 1 is 1.18 bits per heavy atom. The van der Waals surface area contributed by atoms with Crippen molar-refractivity contribution in [3.8, 4) is 5.75 Å². The van der Waals surface area contributed by atoms with Gasteiger partial charge in [-0.3, -0.25) is 4.79 Å². The molecule has 0 fully saturated rings.